The molecule has 2 aromatic rings. The number of aliphatic imine (C=N–C) groups is 1. The summed E-state index contributed by atoms with van der Waals surface area (Å²) in [7, 11) is 0. The van der Waals surface area contributed by atoms with E-state index < -0.39 is 0 Å². The van der Waals surface area contributed by atoms with Crippen LogP contribution < -0.4 is 10.1 Å². The van der Waals surface area contributed by atoms with Gasteiger partial charge in [-0.3, -0.25) is 4.79 Å². The van der Waals surface area contributed by atoms with Gasteiger partial charge in [-0.2, -0.15) is 0 Å². The highest BCUT2D eigenvalue weighted by Crippen LogP contribution is 2.28. The average Bonchev–Trinajstić information content (AvgIpc) is 3.16. The van der Waals surface area contributed by atoms with Crippen molar-refractivity contribution in [2.24, 2.45) is 4.99 Å². The smallest absolute Gasteiger partial charge is 0.264 e. The lowest BCUT2D eigenvalue weighted by molar-refractivity contribution is -0.115. The van der Waals surface area contributed by atoms with Crippen LogP contribution in [0.3, 0.4) is 0 Å². The van der Waals surface area contributed by atoms with E-state index >= 15 is 0 Å². The van der Waals surface area contributed by atoms with Crippen molar-refractivity contribution in [3.8, 4) is 5.75 Å². The van der Waals surface area contributed by atoms with Gasteiger partial charge in [0, 0.05) is 18.4 Å². The Morgan fingerprint density at radius 2 is 2.04 bits per heavy atom. The van der Waals surface area contributed by atoms with Gasteiger partial charge in [0.1, 0.15) is 5.75 Å². The van der Waals surface area contributed by atoms with E-state index in [1.807, 2.05) is 55.6 Å². The molecule has 0 unspecified atom stereocenters. The van der Waals surface area contributed by atoms with Crippen LogP contribution in [0.1, 0.15) is 19.5 Å². The molecule has 1 aliphatic heterocycles. The molecule has 1 aromatic heterocycles. The molecule has 0 bridgehead atoms. The standard InChI is InChI=1S/C18H19N3O2S/c1-3-21-11-5-6-14(21)12-16-17(22)20-18(24-16)19-13-7-9-15(10-8-13)23-4-2/h5-12H,3-4H2,1-2H3,(H,19,20,22)/b16-12+. The number of amides is 1. The zero-order valence-electron chi connectivity index (χ0n) is 13.7. The maximum absolute atomic E-state index is 12.1. The van der Waals surface area contributed by atoms with Gasteiger partial charge < -0.3 is 14.6 Å². The number of ether oxygens (including phenoxy) is 1. The Labute approximate surface area is 145 Å². The molecule has 0 aliphatic carbocycles. The molecular formula is C18H19N3O2S. The summed E-state index contributed by atoms with van der Waals surface area (Å²) in [5.41, 5.74) is 1.79. The van der Waals surface area contributed by atoms with E-state index in [0.717, 1.165) is 23.7 Å². The second kappa shape index (κ2) is 7.40. The van der Waals surface area contributed by atoms with Gasteiger partial charge >= 0.3 is 0 Å². The normalized spacial score (nSPS) is 17.5. The Morgan fingerprint density at radius 3 is 2.75 bits per heavy atom. The Bertz CT molecular complexity index is 791. The summed E-state index contributed by atoms with van der Waals surface area (Å²) < 4.78 is 7.50. The number of aryl methyl sites for hydroxylation is 1. The quantitative estimate of drug-likeness (QED) is 0.842. The van der Waals surface area contributed by atoms with Crippen molar-refractivity contribution in [2.75, 3.05) is 6.61 Å². The maximum Gasteiger partial charge on any atom is 0.264 e. The van der Waals surface area contributed by atoms with Crippen molar-refractivity contribution >= 4 is 34.6 Å². The molecule has 1 aliphatic rings. The van der Waals surface area contributed by atoms with Crippen molar-refractivity contribution in [2.45, 2.75) is 20.4 Å². The lowest BCUT2D eigenvalue weighted by Crippen LogP contribution is -2.19. The van der Waals surface area contributed by atoms with Crippen LogP contribution in [0.5, 0.6) is 5.75 Å². The molecule has 1 amide bonds. The fourth-order valence-electron chi connectivity index (χ4n) is 2.36. The van der Waals surface area contributed by atoms with Crippen LogP contribution >= 0.6 is 11.8 Å². The Morgan fingerprint density at radius 1 is 1.25 bits per heavy atom. The first-order valence-corrected chi connectivity index (χ1v) is 8.69. The number of hydrogen-bond donors (Lipinski definition) is 1. The number of thioether (sulfide) groups is 1. The molecule has 0 atom stereocenters. The summed E-state index contributed by atoms with van der Waals surface area (Å²) in [6.07, 6.45) is 3.89. The number of amidine groups is 1. The zero-order valence-corrected chi connectivity index (χ0v) is 14.5. The van der Waals surface area contributed by atoms with Crippen LogP contribution in [0.4, 0.5) is 5.69 Å². The highest BCUT2D eigenvalue weighted by atomic mass is 32.2. The third kappa shape index (κ3) is 3.71. The molecule has 1 saturated heterocycles. The molecule has 6 heteroatoms. The SMILES string of the molecule is CCOc1ccc(N=C2NC(=O)/C(=C\c3cccn3CC)S2)cc1. The number of carbonyl (C=O) groups excluding carboxylic acids is 1. The lowest BCUT2D eigenvalue weighted by atomic mass is 10.3. The summed E-state index contributed by atoms with van der Waals surface area (Å²) in [6.45, 7) is 5.52. The second-order valence-electron chi connectivity index (χ2n) is 5.13. The number of nitrogens with zero attached hydrogens (tertiary/aromatic N) is 2. The van der Waals surface area contributed by atoms with Crippen molar-refractivity contribution in [3.05, 3.63) is 53.2 Å². The lowest BCUT2D eigenvalue weighted by Gasteiger charge is -2.02. The maximum atomic E-state index is 12.1. The number of benzene rings is 1. The summed E-state index contributed by atoms with van der Waals surface area (Å²) in [4.78, 5) is 17.3. The van der Waals surface area contributed by atoms with Crippen LogP contribution in [0.15, 0.2) is 52.5 Å². The Balaban J connectivity index is 1.76. The van der Waals surface area contributed by atoms with E-state index in [-0.39, 0.29) is 5.91 Å². The number of rotatable bonds is 5. The molecule has 1 fully saturated rings. The molecule has 3 rings (SSSR count). The van der Waals surface area contributed by atoms with Gasteiger partial charge in [0.25, 0.3) is 5.91 Å². The largest absolute Gasteiger partial charge is 0.494 e. The summed E-state index contributed by atoms with van der Waals surface area (Å²) >= 11 is 1.35. The summed E-state index contributed by atoms with van der Waals surface area (Å²) in [5, 5.41) is 3.40. The van der Waals surface area contributed by atoms with Gasteiger partial charge in [-0.25, -0.2) is 4.99 Å². The summed E-state index contributed by atoms with van der Waals surface area (Å²) in [5.74, 6) is 0.694. The minimum Gasteiger partial charge on any atom is -0.494 e. The molecular weight excluding hydrogens is 322 g/mol. The highest BCUT2D eigenvalue weighted by Gasteiger charge is 2.24. The molecule has 0 radical (unpaired) electrons. The van der Waals surface area contributed by atoms with E-state index in [1.165, 1.54) is 11.8 Å². The molecule has 1 aromatic carbocycles. The van der Waals surface area contributed by atoms with Crippen LogP contribution in [0.25, 0.3) is 6.08 Å². The average molecular weight is 341 g/mol. The van der Waals surface area contributed by atoms with E-state index in [0.29, 0.717) is 16.7 Å². The first-order chi connectivity index (χ1) is 11.7. The molecule has 1 N–H and O–H groups in total. The molecule has 2 heterocycles. The molecule has 0 saturated carbocycles. The minimum absolute atomic E-state index is 0.117. The third-order valence-electron chi connectivity index (χ3n) is 3.51. The highest BCUT2D eigenvalue weighted by molar-refractivity contribution is 8.18. The number of hydrogen-bond acceptors (Lipinski definition) is 4. The van der Waals surface area contributed by atoms with E-state index in [9.17, 15) is 4.79 Å². The predicted molar refractivity (Wildman–Crippen MR) is 98.5 cm³/mol. The second-order valence-corrected chi connectivity index (χ2v) is 6.16. The van der Waals surface area contributed by atoms with Gasteiger partial charge in [-0.15, -0.1) is 0 Å². The third-order valence-corrected chi connectivity index (χ3v) is 4.42. The van der Waals surface area contributed by atoms with Crippen LogP contribution in [0.2, 0.25) is 0 Å². The van der Waals surface area contributed by atoms with Crippen molar-refractivity contribution in [1.82, 2.24) is 9.88 Å². The Kier molecular flexibility index (Phi) is 5.05. The van der Waals surface area contributed by atoms with Crippen LogP contribution in [-0.4, -0.2) is 22.2 Å². The predicted octanol–water partition coefficient (Wildman–Crippen LogP) is 3.80. The minimum atomic E-state index is -0.117. The van der Waals surface area contributed by atoms with Gasteiger partial charge in [0.15, 0.2) is 5.17 Å². The van der Waals surface area contributed by atoms with Gasteiger partial charge in [-0.05, 0) is 68.1 Å². The molecule has 124 valence electrons. The topological polar surface area (TPSA) is 55.6 Å². The van der Waals surface area contributed by atoms with Gasteiger partial charge in [0.2, 0.25) is 0 Å². The van der Waals surface area contributed by atoms with Gasteiger partial charge in [0.05, 0.1) is 17.2 Å². The van der Waals surface area contributed by atoms with Crippen molar-refractivity contribution in [3.63, 3.8) is 0 Å². The van der Waals surface area contributed by atoms with Crippen LogP contribution in [-0.2, 0) is 11.3 Å². The van der Waals surface area contributed by atoms with Crippen LogP contribution in [0, 0.1) is 0 Å². The van der Waals surface area contributed by atoms with Gasteiger partial charge in [-0.1, -0.05) is 0 Å². The van der Waals surface area contributed by atoms with E-state index in [2.05, 4.69) is 21.8 Å². The zero-order chi connectivity index (χ0) is 16.9. The molecule has 24 heavy (non-hydrogen) atoms. The van der Waals surface area contributed by atoms with Crippen molar-refractivity contribution in [1.29, 1.82) is 0 Å². The first-order valence-electron chi connectivity index (χ1n) is 7.87. The van der Waals surface area contributed by atoms with Crippen molar-refractivity contribution < 1.29 is 9.53 Å². The monoisotopic (exact) mass is 341 g/mol. The first kappa shape index (κ1) is 16.4. The number of nitrogens with one attached hydrogen (secondary N) is 1. The summed E-state index contributed by atoms with van der Waals surface area (Å²) in [6, 6.07) is 11.4. The number of carbonyl (C=O) groups is 1. The number of aromatic nitrogens is 1. The fourth-order valence-corrected chi connectivity index (χ4v) is 3.19. The molecule has 5 nitrogen and oxygen atoms in total. The fraction of sp³-hybridized carbons (Fsp3) is 0.222. The Hall–Kier alpha value is -2.47. The van der Waals surface area contributed by atoms with E-state index in [1.54, 1.807) is 0 Å². The van der Waals surface area contributed by atoms with E-state index in [4.69, 9.17) is 4.74 Å². The molecule has 0 spiro atoms.